The number of rotatable bonds is 2. The summed E-state index contributed by atoms with van der Waals surface area (Å²) in [5.74, 6) is -1.18. The van der Waals surface area contributed by atoms with Crippen LogP contribution in [0.15, 0.2) is 18.3 Å². The van der Waals surface area contributed by atoms with Crippen LogP contribution in [0.3, 0.4) is 0 Å². The van der Waals surface area contributed by atoms with Crippen molar-refractivity contribution in [2.45, 2.75) is 6.42 Å². The Balaban J connectivity index is 0.00000121. The summed E-state index contributed by atoms with van der Waals surface area (Å²) >= 11 is 5.61. The molecular formula is C7H5ClKNO2. The molecule has 0 aliphatic heterocycles. The van der Waals surface area contributed by atoms with Gasteiger partial charge in [0.05, 0.1) is 10.7 Å². The maximum absolute atomic E-state index is 10.1. The summed E-state index contributed by atoms with van der Waals surface area (Å²) in [6.45, 7) is 0. The third-order valence-electron chi connectivity index (χ3n) is 1.15. The van der Waals surface area contributed by atoms with E-state index in [0.29, 0.717) is 10.7 Å². The molecule has 0 aromatic carbocycles. The van der Waals surface area contributed by atoms with E-state index >= 15 is 0 Å². The van der Waals surface area contributed by atoms with Gasteiger partial charge in [-0.3, -0.25) is 4.98 Å². The summed E-state index contributed by atoms with van der Waals surface area (Å²) in [4.78, 5) is 13.9. The molecule has 0 aliphatic rings. The van der Waals surface area contributed by atoms with E-state index in [1.807, 2.05) is 0 Å². The molecule has 0 unspecified atom stereocenters. The normalized spacial score (nSPS) is 8.75. The molecule has 1 rings (SSSR count). The van der Waals surface area contributed by atoms with Crippen molar-refractivity contribution in [1.29, 1.82) is 0 Å². The van der Waals surface area contributed by atoms with Crippen molar-refractivity contribution in [3.05, 3.63) is 29.0 Å². The molecule has 0 radical (unpaired) electrons. The quantitative estimate of drug-likeness (QED) is 0.489. The van der Waals surface area contributed by atoms with Crippen molar-refractivity contribution in [2.24, 2.45) is 0 Å². The van der Waals surface area contributed by atoms with Crippen molar-refractivity contribution in [3.8, 4) is 0 Å². The van der Waals surface area contributed by atoms with Crippen LogP contribution >= 0.6 is 11.6 Å². The van der Waals surface area contributed by atoms with E-state index in [1.165, 1.54) is 6.20 Å². The molecule has 58 valence electrons. The topological polar surface area (TPSA) is 53.0 Å². The summed E-state index contributed by atoms with van der Waals surface area (Å²) in [5, 5.41) is 10.5. The number of carboxylic acid groups (broad SMARTS) is 1. The van der Waals surface area contributed by atoms with Gasteiger partial charge in [0.15, 0.2) is 0 Å². The SMILES string of the molecule is O=C([O-])Cc1ncccc1Cl.[K+]. The van der Waals surface area contributed by atoms with Crippen molar-refractivity contribution in [1.82, 2.24) is 4.98 Å². The van der Waals surface area contributed by atoms with E-state index in [1.54, 1.807) is 12.1 Å². The first kappa shape index (κ1) is 12.5. The predicted octanol–water partition coefficient (Wildman–Crippen LogP) is -2.97. The van der Waals surface area contributed by atoms with E-state index in [-0.39, 0.29) is 57.8 Å². The summed E-state index contributed by atoms with van der Waals surface area (Å²) in [6, 6.07) is 3.23. The van der Waals surface area contributed by atoms with Gasteiger partial charge in [-0.2, -0.15) is 0 Å². The minimum absolute atomic E-state index is 0. The van der Waals surface area contributed by atoms with Crippen LogP contribution in [0, 0.1) is 0 Å². The molecule has 0 saturated heterocycles. The second-order valence-electron chi connectivity index (χ2n) is 1.98. The predicted molar refractivity (Wildman–Crippen MR) is 38.0 cm³/mol. The summed E-state index contributed by atoms with van der Waals surface area (Å²) in [5.41, 5.74) is 0.342. The second-order valence-corrected chi connectivity index (χ2v) is 2.39. The van der Waals surface area contributed by atoms with Crippen LogP contribution in [0.4, 0.5) is 0 Å². The largest absolute Gasteiger partial charge is 1.00 e. The minimum Gasteiger partial charge on any atom is -0.550 e. The molecule has 1 aromatic heterocycles. The van der Waals surface area contributed by atoms with Crippen LogP contribution in [-0.4, -0.2) is 11.0 Å². The zero-order valence-corrected chi connectivity index (χ0v) is 10.5. The van der Waals surface area contributed by atoms with E-state index in [4.69, 9.17) is 11.6 Å². The summed E-state index contributed by atoms with van der Waals surface area (Å²) in [7, 11) is 0. The molecule has 0 bridgehead atoms. The Labute approximate surface area is 118 Å². The number of hydrogen-bond acceptors (Lipinski definition) is 3. The number of nitrogens with zero attached hydrogens (tertiary/aromatic N) is 1. The van der Waals surface area contributed by atoms with Gasteiger partial charge in [-0.25, -0.2) is 0 Å². The fourth-order valence-electron chi connectivity index (χ4n) is 0.685. The number of hydrogen-bond donors (Lipinski definition) is 0. The Morgan fingerprint density at radius 1 is 1.67 bits per heavy atom. The summed E-state index contributed by atoms with van der Waals surface area (Å²) in [6.07, 6.45) is 1.25. The van der Waals surface area contributed by atoms with Gasteiger partial charge in [0, 0.05) is 18.6 Å². The maximum Gasteiger partial charge on any atom is 1.00 e. The number of halogens is 1. The van der Waals surface area contributed by atoms with E-state index in [9.17, 15) is 9.90 Å². The minimum atomic E-state index is -1.18. The van der Waals surface area contributed by atoms with E-state index in [0.717, 1.165) is 0 Å². The zero-order chi connectivity index (χ0) is 8.27. The van der Waals surface area contributed by atoms with Gasteiger partial charge in [-0.1, -0.05) is 11.6 Å². The Bertz CT molecular complexity index is 280. The van der Waals surface area contributed by atoms with Crippen molar-refractivity contribution < 1.29 is 61.3 Å². The molecule has 0 amide bonds. The summed E-state index contributed by atoms with van der Waals surface area (Å²) < 4.78 is 0. The van der Waals surface area contributed by atoms with Gasteiger partial charge in [0.2, 0.25) is 0 Å². The third-order valence-corrected chi connectivity index (χ3v) is 1.49. The van der Waals surface area contributed by atoms with Crippen LogP contribution in [0.5, 0.6) is 0 Å². The van der Waals surface area contributed by atoms with Crippen LogP contribution in [0.25, 0.3) is 0 Å². The fourth-order valence-corrected chi connectivity index (χ4v) is 0.874. The van der Waals surface area contributed by atoms with Crippen molar-refractivity contribution >= 4 is 17.6 Å². The second kappa shape index (κ2) is 6.07. The van der Waals surface area contributed by atoms with Crippen molar-refractivity contribution in [2.75, 3.05) is 0 Å². The molecule has 1 aromatic rings. The van der Waals surface area contributed by atoms with E-state index in [2.05, 4.69) is 4.98 Å². The number of carbonyl (C=O) groups is 1. The molecule has 5 heteroatoms. The third kappa shape index (κ3) is 3.98. The molecule has 3 nitrogen and oxygen atoms in total. The average Bonchev–Trinajstić information content (AvgIpc) is 1.93. The molecule has 0 fully saturated rings. The Hall–Kier alpha value is 0.546. The molecule has 0 spiro atoms. The number of pyridine rings is 1. The van der Waals surface area contributed by atoms with Crippen LogP contribution in [0.1, 0.15) is 5.69 Å². The molecule has 0 atom stereocenters. The van der Waals surface area contributed by atoms with Crippen LogP contribution in [-0.2, 0) is 11.2 Å². The monoisotopic (exact) mass is 209 g/mol. The van der Waals surface area contributed by atoms with Gasteiger partial charge in [-0.05, 0) is 12.1 Å². The molecule has 0 N–H and O–H groups in total. The van der Waals surface area contributed by atoms with Gasteiger partial charge >= 0.3 is 51.4 Å². The molecular weight excluding hydrogens is 205 g/mol. The Morgan fingerprint density at radius 2 is 2.33 bits per heavy atom. The maximum atomic E-state index is 10.1. The van der Waals surface area contributed by atoms with Gasteiger partial charge < -0.3 is 9.90 Å². The van der Waals surface area contributed by atoms with E-state index < -0.39 is 5.97 Å². The first-order valence-corrected chi connectivity index (χ1v) is 3.37. The molecule has 0 saturated carbocycles. The first-order valence-electron chi connectivity index (χ1n) is 2.99. The Kier molecular flexibility index (Phi) is 6.35. The average molecular weight is 210 g/mol. The molecule has 12 heavy (non-hydrogen) atoms. The smallest absolute Gasteiger partial charge is 0.550 e. The van der Waals surface area contributed by atoms with Crippen molar-refractivity contribution in [3.63, 3.8) is 0 Å². The van der Waals surface area contributed by atoms with Gasteiger partial charge in [0.25, 0.3) is 0 Å². The first-order chi connectivity index (χ1) is 5.20. The number of carboxylic acids is 1. The molecule has 1 heterocycles. The van der Waals surface area contributed by atoms with Gasteiger partial charge in [-0.15, -0.1) is 0 Å². The van der Waals surface area contributed by atoms with Crippen LogP contribution < -0.4 is 56.5 Å². The number of carbonyl (C=O) groups excluding carboxylic acids is 1. The zero-order valence-electron chi connectivity index (χ0n) is 6.58. The number of aromatic nitrogens is 1. The standard InChI is InChI=1S/C7H6ClNO2.K/c8-5-2-1-3-9-6(5)4-7(10)11;/h1-3H,4H2,(H,10,11);/q;+1/p-1. The van der Waals surface area contributed by atoms with Gasteiger partial charge in [0.1, 0.15) is 0 Å². The molecule has 0 aliphatic carbocycles. The Morgan fingerprint density at radius 3 is 2.83 bits per heavy atom. The number of aliphatic carboxylic acids is 1. The van der Waals surface area contributed by atoms with Crippen LogP contribution in [0.2, 0.25) is 5.02 Å². The fraction of sp³-hybridized carbons (Fsp3) is 0.143.